The molecule has 0 aliphatic heterocycles. The molecule has 1 heterocycles. The van der Waals surface area contributed by atoms with Crippen molar-refractivity contribution in [1.29, 1.82) is 0 Å². The standard InChI is InChI=1S/C13H13ClFNO3/c1-13(2,6-11(17)18)5-10-16-9-4-7(15)3-8(14)12(9)19-10/h3-4H,5-6H2,1-2H3,(H,17,18). The second-order valence-electron chi connectivity index (χ2n) is 5.25. The fraction of sp³-hybridized carbons (Fsp3) is 0.385. The van der Waals surface area contributed by atoms with Gasteiger partial charge in [-0.15, -0.1) is 0 Å². The van der Waals surface area contributed by atoms with E-state index < -0.39 is 17.2 Å². The van der Waals surface area contributed by atoms with Gasteiger partial charge in [0.15, 0.2) is 11.5 Å². The van der Waals surface area contributed by atoms with E-state index in [0.717, 1.165) is 6.07 Å². The van der Waals surface area contributed by atoms with E-state index in [2.05, 4.69) is 4.98 Å². The Morgan fingerprint density at radius 3 is 2.84 bits per heavy atom. The molecule has 4 nitrogen and oxygen atoms in total. The maximum atomic E-state index is 13.2. The van der Waals surface area contributed by atoms with Gasteiger partial charge in [0.05, 0.1) is 11.4 Å². The Morgan fingerprint density at radius 1 is 1.53 bits per heavy atom. The van der Waals surface area contributed by atoms with Gasteiger partial charge in [-0.25, -0.2) is 9.37 Å². The lowest BCUT2D eigenvalue weighted by atomic mass is 9.86. The summed E-state index contributed by atoms with van der Waals surface area (Å²) < 4.78 is 18.6. The normalized spacial score (nSPS) is 12.0. The molecular weight excluding hydrogens is 273 g/mol. The Kier molecular flexibility index (Phi) is 3.49. The monoisotopic (exact) mass is 285 g/mol. The number of hydrogen-bond acceptors (Lipinski definition) is 3. The third kappa shape index (κ3) is 3.23. The van der Waals surface area contributed by atoms with Crippen molar-refractivity contribution in [1.82, 2.24) is 4.98 Å². The fourth-order valence-electron chi connectivity index (χ4n) is 1.96. The summed E-state index contributed by atoms with van der Waals surface area (Å²) in [6.07, 6.45) is 0.333. The lowest BCUT2D eigenvalue weighted by molar-refractivity contribution is -0.139. The average molecular weight is 286 g/mol. The molecule has 0 aliphatic rings. The third-order valence-corrected chi connectivity index (χ3v) is 2.99. The van der Waals surface area contributed by atoms with Gasteiger partial charge in [0, 0.05) is 12.5 Å². The first-order valence-electron chi connectivity index (χ1n) is 5.73. The Bertz CT molecular complexity index is 636. The SMILES string of the molecule is CC(C)(CC(=O)O)Cc1nc2cc(F)cc(Cl)c2o1. The van der Waals surface area contributed by atoms with Gasteiger partial charge in [-0.3, -0.25) is 4.79 Å². The van der Waals surface area contributed by atoms with Crippen LogP contribution in [0.4, 0.5) is 4.39 Å². The molecule has 0 amide bonds. The van der Waals surface area contributed by atoms with E-state index >= 15 is 0 Å². The minimum Gasteiger partial charge on any atom is -0.481 e. The lowest BCUT2D eigenvalue weighted by Crippen LogP contribution is -2.19. The Morgan fingerprint density at radius 2 is 2.21 bits per heavy atom. The van der Waals surface area contributed by atoms with Crippen molar-refractivity contribution in [3.8, 4) is 0 Å². The van der Waals surface area contributed by atoms with Crippen molar-refractivity contribution in [3.63, 3.8) is 0 Å². The van der Waals surface area contributed by atoms with Crippen molar-refractivity contribution in [2.24, 2.45) is 5.41 Å². The van der Waals surface area contributed by atoms with E-state index in [0.29, 0.717) is 23.4 Å². The summed E-state index contributed by atoms with van der Waals surface area (Å²) in [4.78, 5) is 14.9. The van der Waals surface area contributed by atoms with Crippen LogP contribution in [0.5, 0.6) is 0 Å². The molecule has 2 rings (SSSR count). The summed E-state index contributed by atoms with van der Waals surface area (Å²) in [6, 6.07) is 2.39. The highest BCUT2D eigenvalue weighted by Gasteiger charge is 2.25. The largest absolute Gasteiger partial charge is 0.481 e. The van der Waals surface area contributed by atoms with Gasteiger partial charge in [0.1, 0.15) is 11.3 Å². The van der Waals surface area contributed by atoms with Crippen molar-refractivity contribution < 1.29 is 18.7 Å². The zero-order chi connectivity index (χ0) is 14.2. The molecule has 0 fully saturated rings. The van der Waals surface area contributed by atoms with Crippen LogP contribution in [0, 0.1) is 11.2 Å². The van der Waals surface area contributed by atoms with Crippen LogP contribution >= 0.6 is 11.6 Å². The first kappa shape index (κ1) is 13.8. The molecular formula is C13H13ClFNO3. The maximum absolute atomic E-state index is 13.2. The quantitative estimate of drug-likeness (QED) is 0.931. The van der Waals surface area contributed by atoms with E-state index in [1.54, 1.807) is 13.8 Å². The Balaban J connectivity index is 2.32. The molecule has 0 spiro atoms. The van der Waals surface area contributed by atoms with Crippen molar-refractivity contribution in [2.75, 3.05) is 0 Å². The second-order valence-corrected chi connectivity index (χ2v) is 5.66. The molecule has 0 atom stereocenters. The number of halogens is 2. The van der Waals surface area contributed by atoms with Gasteiger partial charge < -0.3 is 9.52 Å². The highest BCUT2D eigenvalue weighted by molar-refractivity contribution is 6.34. The van der Waals surface area contributed by atoms with E-state index in [4.69, 9.17) is 21.1 Å². The number of nitrogens with zero attached hydrogens (tertiary/aromatic N) is 1. The second kappa shape index (κ2) is 4.81. The molecule has 0 unspecified atom stereocenters. The summed E-state index contributed by atoms with van der Waals surface area (Å²) in [5, 5.41) is 8.98. The number of aliphatic carboxylic acids is 1. The zero-order valence-corrected chi connectivity index (χ0v) is 11.3. The Labute approximate surface area is 114 Å². The molecule has 1 aromatic carbocycles. The van der Waals surface area contributed by atoms with Crippen LogP contribution in [0.15, 0.2) is 16.5 Å². The molecule has 0 radical (unpaired) electrons. The van der Waals surface area contributed by atoms with E-state index in [-0.39, 0.29) is 11.4 Å². The topological polar surface area (TPSA) is 63.3 Å². The highest BCUT2D eigenvalue weighted by atomic mass is 35.5. The number of carboxylic acid groups (broad SMARTS) is 1. The molecule has 102 valence electrons. The van der Waals surface area contributed by atoms with Crippen molar-refractivity contribution in [3.05, 3.63) is 28.9 Å². The minimum absolute atomic E-state index is 0.00613. The highest BCUT2D eigenvalue weighted by Crippen LogP contribution is 2.30. The molecule has 0 bridgehead atoms. The molecule has 6 heteroatoms. The first-order chi connectivity index (χ1) is 8.77. The molecule has 0 aliphatic carbocycles. The van der Waals surface area contributed by atoms with Gasteiger partial charge in [-0.1, -0.05) is 25.4 Å². The Hall–Kier alpha value is -1.62. The number of benzene rings is 1. The van der Waals surface area contributed by atoms with Gasteiger partial charge >= 0.3 is 5.97 Å². The maximum Gasteiger partial charge on any atom is 0.303 e. The van der Waals surface area contributed by atoms with Crippen LogP contribution in [-0.2, 0) is 11.2 Å². The molecule has 1 N–H and O–H groups in total. The first-order valence-corrected chi connectivity index (χ1v) is 6.11. The predicted molar refractivity (Wildman–Crippen MR) is 68.7 cm³/mol. The zero-order valence-electron chi connectivity index (χ0n) is 10.5. The number of rotatable bonds is 4. The van der Waals surface area contributed by atoms with E-state index in [9.17, 15) is 9.18 Å². The van der Waals surface area contributed by atoms with Crippen LogP contribution < -0.4 is 0 Å². The number of carboxylic acids is 1. The van der Waals surface area contributed by atoms with Crippen LogP contribution in [0.1, 0.15) is 26.2 Å². The summed E-state index contributed by atoms with van der Waals surface area (Å²) in [5.74, 6) is -1.01. The molecule has 1 aromatic heterocycles. The predicted octanol–water partition coefficient (Wildman–Crippen LogP) is 3.66. The van der Waals surface area contributed by atoms with Crippen LogP contribution in [0.2, 0.25) is 5.02 Å². The lowest BCUT2D eigenvalue weighted by Gasteiger charge is -2.19. The number of fused-ring (bicyclic) bond motifs is 1. The third-order valence-electron chi connectivity index (χ3n) is 2.71. The van der Waals surface area contributed by atoms with Crippen molar-refractivity contribution in [2.45, 2.75) is 26.7 Å². The van der Waals surface area contributed by atoms with Crippen LogP contribution in [0.3, 0.4) is 0 Å². The van der Waals surface area contributed by atoms with Gasteiger partial charge in [-0.2, -0.15) is 0 Å². The minimum atomic E-state index is -0.884. The smallest absolute Gasteiger partial charge is 0.303 e. The summed E-state index contributed by atoms with van der Waals surface area (Å²) in [7, 11) is 0. The number of aromatic nitrogens is 1. The molecule has 19 heavy (non-hydrogen) atoms. The van der Waals surface area contributed by atoms with Crippen LogP contribution in [0.25, 0.3) is 11.1 Å². The van der Waals surface area contributed by atoms with Crippen LogP contribution in [-0.4, -0.2) is 16.1 Å². The fourth-order valence-corrected chi connectivity index (χ4v) is 2.20. The molecule has 2 aromatic rings. The number of oxazole rings is 1. The van der Waals surface area contributed by atoms with E-state index in [1.807, 2.05) is 0 Å². The van der Waals surface area contributed by atoms with Gasteiger partial charge in [-0.05, 0) is 11.5 Å². The van der Waals surface area contributed by atoms with E-state index in [1.165, 1.54) is 6.07 Å². The number of carbonyl (C=O) groups is 1. The van der Waals surface area contributed by atoms with Gasteiger partial charge in [0.2, 0.25) is 0 Å². The molecule has 0 saturated heterocycles. The molecule has 0 saturated carbocycles. The van der Waals surface area contributed by atoms with Gasteiger partial charge in [0.25, 0.3) is 0 Å². The summed E-state index contributed by atoms with van der Waals surface area (Å²) >= 11 is 5.86. The summed E-state index contributed by atoms with van der Waals surface area (Å²) in [5.41, 5.74) is 0.160. The number of hydrogen-bond donors (Lipinski definition) is 1. The summed E-state index contributed by atoms with van der Waals surface area (Å²) in [6.45, 7) is 3.61. The average Bonchev–Trinajstić information content (AvgIpc) is 2.56. The van der Waals surface area contributed by atoms with Crippen molar-refractivity contribution >= 4 is 28.7 Å².